The molecule has 2 rings (SSSR count). The van der Waals surface area contributed by atoms with Crippen LogP contribution in [0.4, 0.5) is 4.79 Å². The summed E-state index contributed by atoms with van der Waals surface area (Å²) in [6.45, 7) is 3.59. The van der Waals surface area contributed by atoms with E-state index < -0.39 is 5.97 Å². The van der Waals surface area contributed by atoms with Crippen LogP contribution in [0.15, 0.2) is 0 Å². The summed E-state index contributed by atoms with van der Waals surface area (Å²) < 4.78 is 0. The molecule has 2 aliphatic heterocycles. The molecule has 0 aromatic rings. The van der Waals surface area contributed by atoms with E-state index in [0.29, 0.717) is 6.04 Å². The number of nitrogens with zero attached hydrogens (tertiary/aromatic N) is 3. The summed E-state index contributed by atoms with van der Waals surface area (Å²) in [4.78, 5) is 28.8. The second-order valence-electron chi connectivity index (χ2n) is 6.50. The summed E-state index contributed by atoms with van der Waals surface area (Å²) in [7, 11) is 3.57. The van der Waals surface area contributed by atoms with Gasteiger partial charge < -0.3 is 14.9 Å². The molecule has 120 valence electrons. The molecule has 2 heterocycles. The average molecular weight is 297 g/mol. The first-order valence-electron chi connectivity index (χ1n) is 7.89. The molecule has 1 unspecified atom stereocenters. The van der Waals surface area contributed by atoms with Crippen molar-refractivity contribution >= 4 is 12.0 Å². The maximum absolute atomic E-state index is 11.9. The minimum Gasteiger partial charge on any atom is -0.481 e. The zero-order valence-corrected chi connectivity index (χ0v) is 13.1. The van der Waals surface area contributed by atoms with Crippen LogP contribution in [0.2, 0.25) is 0 Å². The Morgan fingerprint density at radius 1 is 1.14 bits per heavy atom. The first-order chi connectivity index (χ1) is 9.97. The summed E-state index contributed by atoms with van der Waals surface area (Å²) in [6, 6.07) is 0.601. The third kappa shape index (κ3) is 4.33. The van der Waals surface area contributed by atoms with Gasteiger partial charge >= 0.3 is 12.0 Å². The van der Waals surface area contributed by atoms with Gasteiger partial charge in [-0.25, -0.2) is 4.79 Å². The van der Waals surface area contributed by atoms with Crippen LogP contribution in [0.5, 0.6) is 0 Å². The molecule has 2 amide bonds. The van der Waals surface area contributed by atoms with Crippen molar-refractivity contribution in [2.24, 2.45) is 5.92 Å². The fourth-order valence-electron chi connectivity index (χ4n) is 3.55. The Labute approximate surface area is 126 Å². The smallest absolute Gasteiger partial charge is 0.319 e. The minimum absolute atomic E-state index is 0.0934. The predicted molar refractivity (Wildman–Crippen MR) is 80.2 cm³/mol. The fraction of sp³-hybridized carbons (Fsp3) is 0.867. The molecule has 0 radical (unpaired) electrons. The Balaban J connectivity index is 1.81. The van der Waals surface area contributed by atoms with Crippen molar-refractivity contribution in [2.45, 2.75) is 38.1 Å². The number of urea groups is 1. The lowest BCUT2D eigenvalue weighted by Crippen LogP contribution is -2.51. The molecule has 2 saturated heterocycles. The number of carbonyl (C=O) groups is 2. The Bertz CT molecular complexity index is 378. The van der Waals surface area contributed by atoms with Gasteiger partial charge in [0.1, 0.15) is 0 Å². The van der Waals surface area contributed by atoms with E-state index in [1.807, 2.05) is 4.90 Å². The number of carboxylic acid groups (broad SMARTS) is 1. The van der Waals surface area contributed by atoms with Crippen molar-refractivity contribution in [1.29, 1.82) is 0 Å². The van der Waals surface area contributed by atoms with Crippen molar-refractivity contribution in [3.05, 3.63) is 0 Å². The number of likely N-dealkylation sites (tertiary alicyclic amines) is 2. The Morgan fingerprint density at radius 2 is 1.81 bits per heavy atom. The van der Waals surface area contributed by atoms with E-state index in [2.05, 4.69) is 4.90 Å². The number of hydrogen-bond donors (Lipinski definition) is 1. The number of amides is 2. The van der Waals surface area contributed by atoms with E-state index in [1.165, 1.54) is 0 Å². The van der Waals surface area contributed by atoms with Crippen molar-refractivity contribution in [1.82, 2.24) is 14.7 Å². The predicted octanol–water partition coefficient (Wildman–Crippen LogP) is 1.32. The first-order valence-corrected chi connectivity index (χ1v) is 7.89. The molecule has 0 aromatic carbocycles. The molecule has 1 N–H and O–H groups in total. The Kier molecular flexibility index (Phi) is 5.45. The van der Waals surface area contributed by atoms with E-state index in [0.717, 1.165) is 51.9 Å². The molecule has 6 heteroatoms. The Hall–Kier alpha value is -1.30. The van der Waals surface area contributed by atoms with Gasteiger partial charge in [0.05, 0.1) is 0 Å². The molecule has 2 fully saturated rings. The largest absolute Gasteiger partial charge is 0.481 e. The van der Waals surface area contributed by atoms with Crippen LogP contribution in [-0.4, -0.2) is 78.1 Å². The van der Waals surface area contributed by atoms with Gasteiger partial charge in [-0.3, -0.25) is 9.69 Å². The van der Waals surface area contributed by atoms with E-state index in [9.17, 15) is 9.59 Å². The first kappa shape index (κ1) is 16.1. The third-order valence-electron chi connectivity index (χ3n) is 4.65. The topological polar surface area (TPSA) is 64.1 Å². The highest BCUT2D eigenvalue weighted by Crippen LogP contribution is 2.25. The van der Waals surface area contributed by atoms with Gasteiger partial charge in [-0.05, 0) is 38.1 Å². The molecule has 0 aromatic heterocycles. The number of carboxylic acids is 1. The molecule has 0 spiro atoms. The SMILES string of the molecule is CN(C)C(=O)N1CCC(N2CCCC(CC(=O)O)C2)CC1. The zero-order chi connectivity index (χ0) is 15.4. The van der Waals surface area contributed by atoms with Gasteiger partial charge in [0.15, 0.2) is 0 Å². The number of rotatable bonds is 3. The Morgan fingerprint density at radius 3 is 2.38 bits per heavy atom. The minimum atomic E-state index is -0.687. The maximum atomic E-state index is 11.9. The highest BCUT2D eigenvalue weighted by molar-refractivity contribution is 5.73. The van der Waals surface area contributed by atoms with Crippen LogP contribution < -0.4 is 0 Å². The van der Waals surface area contributed by atoms with E-state index in [4.69, 9.17) is 5.11 Å². The van der Waals surface area contributed by atoms with Crippen LogP contribution in [-0.2, 0) is 4.79 Å². The summed E-state index contributed by atoms with van der Waals surface area (Å²) in [5.74, 6) is -0.397. The zero-order valence-electron chi connectivity index (χ0n) is 13.1. The molecule has 21 heavy (non-hydrogen) atoms. The van der Waals surface area contributed by atoms with Gasteiger partial charge in [-0.15, -0.1) is 0 Å². The standard InChI is InChI=1S/C15H27N3O3/c1-16(2)15(21)17-8-5-13(6-9-17)18-7-3-4-12(11-18)10-14(19)20/h12-13H,3-11H2,1-2H3,(H,19,20). The van der Waals surface area contributed by atoms with Crippen molar-refractivity contribution in [2.75, 3.05) is 40.3 Å². The normalized spacial score (nSPS) is 24.9. The molecule has 2 aliphatic rings. The molecule has 0 bridgehead atoms. The third-order valence-corrected chi connectivity index (χ3v) is 4.65. The summed E-state index contributed by atoms with van der Waals surface area (Å²) in [6.07, 6.45) is 4.41. The van der Waals surface area contributed by atoms with Gasteiger partial charge in [0, 0.05) is 46.2 Å². The van der Waals surface area contributed by atoms with Gasteiger partial charge in [0.2, 0.25) is 0 Å². The molecular formula is C15H27N3O3. The quantitative estimate of drug-likeness (QED) is 0.853. The van der Waals surface area contributed by atoms with Crippen molar-refractivity contribution in [3.8, 4) is 0 Å². The number of piperidine rings is 2. The summed E-state index contributed by atoms with van der Waals surface area (Å²) in [5.41, 5.74) is 0. The van der Waals surface area contributed by atoms with Crippen LogP contribution in [0.25, 0.3) is 0 Å². The lowest BCUT2D eigenvalue weighted by atomic mass is 9.92. The van der Waals surface area contributed by atoms with Crippen LogP contribution in [0.3, 0.4) is 0 Å². The highest BCUT2D eigenvalue weighted by atomic mass is 16.4. The van der Waals surface area contributed by atoms with Crippen LogP contribution in [0.1, 0.15) is 32.1 Å². The summed E-state index contributed by atoms with van der Waals surface area (Å²) in [5, 5.41) is 8.94. The van der Waals surface area contributed by atoms with Gasteiger partial charge in [-0.1, -0.05) is 0 Å². The highest BCUT2D eigenvalue weighted by Gasteiger charge is 2.31. The molecular weight excluding hydrogens is 270 g/mol. The number of hydrogen-bond acceptors (Lipinski definition) is 3. The van der Waals surface area contributed by atoms with E-state index >= 15 is 0 Å². The number of aliphatic carboxylic acids is 1. The molecule has 0 saturated carbocycles. The van der Waals surface area contributed by atoms with Crippen molar-refractivity contribution in [3.63, 3.8) is 0 Å². The lowest BCUT2D eigenvalue weighted by Gasteiger charge is -2.42. The van der Waals surface area contributed by atoms with Gasteiger partial charge in [-0.2, -0.15) is 0 Å². The second kappa shape index (κ2) is 7.11. The monoisotopic (exact) mass is 297 g/mol. The summed E-state index contributed by atoms with van der Waals surface area (Å²) >= 11 is 0. The van der Waals surface area contributed by atoms with Gasteiger partial charge in [0.25, 0.3) is 0 Å². The van der Waals surface area contributed by atoms with Crippen LogP contribution in [0, 0.1) is 5.92 Å². The van der Waals surface area contributed by atoms with Crippen LogP contribution >= 0.6 is 0 Å². The molecule has 1 atom stereocenters. The fourth-order valence-corrected chi connectivity index (χ4v) is 3.55. The maximum Gasteiger partial charge on any atom is 0.319 e. The second-order valence-corrected chi connectivity index (χ2v) is 6.50. The van der Waals surface area contributed by atoms with E-state index in [1.54, 1.807) is 19.0 Å². The van der Waals surface area contributed by atoms with E-state index in [-0.39, 0.29) is 18.4 Å². The lowest BCUT2D eigenvalue weighted by molar-refractivity contribution is -0.138. The average Bonchev–Trinajstić information content (AvgIpc) is 2.46. The molecule has 0 aliphatic carbocycles. The van der Waals surface area contributed by atoms with Crippen molar-refractivity contribution < 1.29 is 14.7 Å². The number of carbonyl (C=O) groups excluding carboxylic acids is 1. The molecule has 6 nitrogen and oxygen atoms in total.